The standard InChI is InChI=1S/C16H22N2O3/c1-21-15(19)10-12-6-2-3-7-13(12)11-18-9-5-4-8-14(18)16(17)20/h2-3,6-7,14H,4-5,8-11H2,1H3,(H2,17,20). The Balaban J connectivity index is 2.14. The van der Waals surface area contributed by atoms with Crippen LogP contribution < -0.4 is 5.73 Å². The van der Waals surface area contributed by atoms with Crippen LogP contribution in [0.5, 0.6) is 0 Å². The van der Waals surface area contributed by atoms with Crippen LogP contribution in [0.1, 0.15) is 30.4 Å². The van der Waals surface area contributed by atoms with Gasteiger partial charge in [-0.15, -0.1) is 0 Å². The largest absolute Gasteiger partial charge is 0.469 e. The molecule has 21 heavy (non-hydrogen) atoms. The Bertz CT molecular complexity index is 516. The van der Waals surface area contributed by atoms with Crippen molar-refractivity contribution >= 4 is 11.9 Å². The lowest BCUT2D eigenvalue weighted by molar-refractivity contribution is -0.139. The number of esters is 1. The summed E-state index contributed by atoms with van der Waals surface area (Å²) in [5.41, 5.74) is 7.49. The minimum atomic E-state index is -0.264. The Kier molecular flexibility index (Phi) is 5.33. The van der Waals surface area contributed by atoms with E-state index >= 15 is 0 Å². The van der Waals surface area contributed by atoms with Gasteiger partial charge in [-0.05, 0) is 30.5 Å². The zero-order valence-electron chi connectivity index (χ0n) is 12.4. The molecule has 114 valence electrons. The van der Waals surface area contributed by atoms with Crippen molar-refractivity contribution in [2.24, 2.45) is 5.73 Å². The fourth-order valence-electron chi connectivity index (χ4n) is 2.83. The zero-order chi connectivity index (χ0) is 15.2. The Labute approximate surface area is 125 Å². The molecule has 0 aliphatic carbocycles. The predicted octanol–water partition coefficient (Wildman–Crippen LogP) is 1.24. The number of carbonyl (C=O) groups is 2. The Hall–Kier alpha value is -1.88. The number of piperidine rings is 1. The summed E-state index contributed by atoms with van der Waals surface area (Å²) in [4.78, 5) is 25.2. The molecule has 2 N–H and O–H groups in total. The predicted molar refractivity (Wildman–Crippen MR) is 79.4 cm³/mol. The van der Waals surface area contributed by atoms with E-state index in [0.29, 0.717) is 6.54 Å². The second kappa shape index (κ2) is 7.22. The molecule has 1 unspecified atom stereocenters. The van der Waals surface area contributed by atoms with E-state index in [1.807, 2.05) is 24.3 Å². The lowest BCUT2D eigenvalue weighted by Crippen LogP contribution is -2.47. The van der Waals surface area contributed by atoms with Crippen molar-refractivity contribution in [3.05, 3.63) is 35.4 Å². The number of nitrogens with two attached hydrogens (primary N) is 1. The van der Waals surface area contributed by atoms with Gasteiger partial charge in [0, 0.05) is 6.54 Å². The lowest BCUT2D eigenvalue weighted by Gasteiger charge is -2.34. The van der Waals surface area contributed by atoms with Gasteiger partial charge >= 0.3 is 5.97 Å². The van der Waals surface area contributed by atoms with Crippen molar-refractivity contribution in [1.29, 1.82) is 0 Å². The first-order valence-electron chi connectivity index (χ1n) is 7.28. The van der Waals surface area contributed by atoms with Crippen LogP contribution in [0.4, 0.5) is 0 Å². The number of hydrogen-bond donors (Lipinski definition) is 1. The smallest absolute Gasteiger partial charge is 0.309 e. The Morgan fingerprint density at radius 1 is 1.29 bits per heavy atom. The summed E-state index contributed by atoms with van der Waals surface area (Å²) < 4.78 is 4.73. The molecule has 1 atom stereocenters. The van der Waals surface area contributed by atoms with Crippen LogP contribution in [0.3, 0.4) is 0 Å². The molecule has 0 aromatic heterocycles. The highest BCUT2D eigenvalue weighted by atomic mass is 16.5. The van der Waals surface area contributed by atoms with E-state index in [1.165, 1.54) is 7.11 Å². The van der Waals surface area contributed by atoms with Gasteiger partial charge in [0.2, 0.25) is 5.91 Å². The summed E-state index contributed by atoms with van der Waals surface area (Å²) in [6, 6.07) is 7.56. The molecule has 1 aliphatic heterocycles. The van der Waals surface area contributed by atoms with E-state index in [2.05, 4.69) is 4.90 Å². The molecule has 0 saturated carbocycles. The molecule has 1 fully saturated rings. The quantitative estimate of drug-likeness (QED) is 0.828. The highest BCUT2D eigenvalue weighted by molar-refractivity contribution is 5.80. The molecule has 0 bridgehead atoms. The number of primary amides is 1. The van der Waals surface area contributed by atoms with E-state index in [1.54, 1.807) is 0 Å². The Morgan fingerprint density at radius 3 is 2.67 bits per heavy atom. The molecule has 0 spiro atoms. The molecular formula is C16H22N2O3. The van der Waals surface area contributed by atoms with Crippen molar-refractivity contribution in [3.8, 4) is 0 Å². The first-order valence-corrected chi connectivity index (χ1v) is 7.28. The van der Waals surface area contributed by atoms with Gasteiger partial charge in [0.1, 0.15) is 0 Å². The molecule has 1 amide bonds. The third kappa shape index (κ3) is 4.04. The van der Waals surface area contributed by atoms with Crippen LogP contribution in [0.25, 0.3) is 0 Å². The van der Waals surface area contributed by atoms with Crippen molar-refractivity contribution in [1.82, 2.24) is 4.90 Å². The molecule has 1 heterocycles. The van der Waals surface area contributed by atoms with Crippen LogP contribution in [0, 0.1) is 0 Å². The molecular weight excluding hydrogens is 268 g/mol. The molecule has 5 nitrogen and oxygen atoms in total. The highest BCUT2D eigenvalue weighted by Crippen LogP contribution is 2.21. The number of hydrogen-bond acceptors (Lipinski definition) is 4. The van der Waals surface area contributed by atoms with E-state index in [-0.39, 0.29) is 24.3 Å². The van der Waals surface area contributed by atoms with Gasteiger partial charge in [-0.25, -0.2) is 0 Å². The first kappa shape index (κ1) is 15.5. The summed E-state index contributed by atoms with van der Waals surface area (Å²) in [7, 11) is 1.39. The van der Waals surface area contributed by atoms with Crippen molar-refractivity contribution < 1.29 is 14.3 Å². The normalized spacial score (nSPS) is 19.2. The van der Waals surface area contributed by atoms with E-state index < -0.39 is 0 Å². The second-order valence-electron chi connectivity index (χ2n) is 5.41. The molecule has 1 aromatic carbocycles. The monoisotopic (exact) mass is 290 g/mol. The van der Waals surface area contributed by atoms with Gasteiger partial charge in [-0.1, -0.05) is 30.7 Å². The molecule has 1 aromatic rings. The third-order valence-corrected chi connectivity index (χ3v) is 4.00. The van der Waals surface area contributed by atoms with Crippen LogP contribution in [-0.2, 0) is 27.3 Å². The summed E-state index contributed by atoms with van der Waals surface area (Å²) in [5.74, 6) is -0.521. The summed E-state index contributed by atoms with van der Waals surface area (Å²) >= 11 is 0. The second-order valence-corrected chi connectivity index (χ2v) is 5.41. The zero-order valence-corrected chi connectivity index (χ0v) is 12.4. The van der Waals surface area contributed by atoms with Gasteiger partial charge < -0.3 is 10.5 Å². The number of rotatable bonds is 5. The van der Waals surface area contributed by atoms with Crippen LogP contribution in [-0.4, -0.2) is 36.5 Å². The number of amides is 1. The SMILES string of the molecule is COC(=O)Cc1ccccc1CN1CCCCC1C(N)=O. The number of nitrogens with zero attached hydrogens (tertiary/aromatic N) is 1. The number of likely N-dealkylation sites (tertiary alicyclic amines) is 1. The number of methoxy groups -OCH3 is 1. The van der Waals surface area contributed by atoms with Crippen molar-refractivity contribution in [2.45, 2.75) is 38.3 Å². The maximum Gasteiger partial charge on any atom is 0.309 e. The average Bonchev–Trinajstić information content (AvgIpc) is 2.49. The van der Waals surface area contributed by atoms with E-state index in [4.69, 9.17) is 10.5 Å². The molecule has 1 saturated heterocycles. The summed E-state index contributed by atoms with van der Waals surface area (Å²) in [5, 5.41) is 0. The Morgan fingerprint density at radius 2 is 2.00 bits per heavy atom. The third-order valence-electron chi connectivity index (χ3n) is 4.00. The maximum atomic E-state index is 11.6. The number of ether oxygens (including phenoxy) is 1. The lowest BCUT2D eigenvalue weighted by atomic mass is 9.98. The van der Waals surface area contributed by atoms with Gasteiger partial charge in [-0.3, -0.25) is 14.5 Å². The van der Waals surface area contributed by atoms with Gasteiger partial charge in [0.05, 0.1) is 19.6 Å². The van der Waals surface area contributed by atoms with Crippen LogP contribution >= 0.6 is 0 Å². The van der Waals surface area contributed by atoms with Gasteiger partial charge in [0.25, 0.3) is 0 Å². The van der Waals surface area contributed by atoms with Crippen LogP contribution in [0.15, 0.2) is 24.3 Å². The van der Waals surface area contributed by atoms with E-state index in [9.17, 15) is 9.59 Å². The fraction of sp³-hybridized carbons (Fsp3) is 0.500. The van der Waals surface area contributed by atoms with Crippen molar-refractivity contribution in [2.75, 3.05) is 13.7 Å². The summed E-state index contributed by atoms with van der Waals surface area (Å²) in [6.07, 6.45) is 3.17. The molecule has 1 aliphatic rings. The number of carbonyl (C=O) groups excluding carboxylic acids is 2. The average molecular weight is 290 g/mol. The van der Waals surface area contributed by atoms with Gasteiger partial charge in [-0.2, -0.15) is 0 Å². The topological polar surface area (TPSA) is 72.6 Å². The fourth-order valence-corrected chi connectivity index (χ4v) is 2.83. The van der Waals surface area contributed by atoms with Crippen LogP contribution in [0.2, 0.25) is 0 Å². The first-order chi connectivity index (χ1) is 10.1. The molecule has 5 heteroatoms. The van der Waals surface area contributed by atoms with Gasteiger partial charge in [0.15, 0.2) is 0 Å². The minimum absolute atomic E-state index is 0.204. The van der Waals surface area contributed by atoms with E-state index in [0.717, 1.165) is 36.9 Å². The molecule has 2 rings (SSSR count). The molecule has 0 radical (unpaired) electrons. The summed E-state index contributed by atoms with van der Waals surface area (Å²) in [6.45, 7) is 1.50. The minimum Gasteiger partial charge on any atom is -0.469 e. The highest BCUT2D eigenvalue weighted by Gasteiger charge is 2.27. The van der Waals surface area contributed by atoms with Crippen molar-refractivity contribution in [3.63, 3.8) is 0 Å². The maximum absolute atomic E-state index is 11.6. The number of benzene rings is 1.